The average Bonchev–Trinajstić information content (AvgIpc) is 2.93. The van der Waals surface area contributed by atoms with Gasteiger partial charge in [-0.2, -0.15) is 0 Å². The summed E-state index contributed by atoms with van der Waals surface area (Å²) in [4.78, 5) is 11.9. The number of hydrogen-bond donors (Lipinski definition) is 2. The van der Waals surface area contributed by atoms with Crippen LogP contribution in [-0.4, -0.2) is 22.0 Å². The Morgan fingerprint density at radius 1 is 1.53 bits per heavy atom. The highest BCUT2D eigenvalue weighted by molar-refractivity contribution is 7.03. The number of carbonyl (C=O) groups excluding carboxylic acids is 1. The molecular formula is C12H9ClN4OS. The monoisotopic (exact) mass is 292 g/mol. The van der Waals surface area contributed by atoms with E-state index in [1.807, 2.05) is 0 Å². The second-order valence-electron chi connectivity index (χ2n) is 3.44. The molecule has 0 fully saturated rings. The van der Waals surface area contributed by atoms with Gasteiger partial charge in [-0.05, 0) is 29.7 Å². The van der Waals surface area contributed by atoms with E-state index in [-0.39, 0.29) is 18.1 Å². The molecule has 1 aromatic carbocycles. The summed E-state index contributed by atoms with van der Waals surface area (Å²) >= 11 is 7.01. The maximum absolute atomic E-state index is 11.9. The van der Waals surface area contributed by atoms with Gasteiger partial charge in [0.25, 0.3) is 5.91 Å². The molecule has 0 bridgehead atoms. The van der Waals surface area contributed by atoms with Crippen molar-refractivity contribution in [2.24, 2.45) is 5.73 Å². The summed E-state index contributed by atoms with van der Waals surface area (Å²) in [6.45, 7) is 0.232. The predicted molar refractivity (Wildman–Crippen MR) is 75.2 cm³/mol. The molecule has 0 radical (unpaired) electrons. The third kappa shape index (κ3) is 3.51. The highest BCUT2D eigenvalue weighted by atomic mass is 35.5. The van der Waals surface area contributed by atoms with E-state index in [0.29, 0.717) is 16.3 Å². The summed E-state index contributed by atoms with van der Waals surface area (Å²) in [7, 11) is 0. The fourth-order valence-corrected chi connectivity index (χ4v) is 1.93. The SMILES string of the molecule is NCC#Cc1cc(Cl)ccc1NC(=O)c1csnn1. The molecule has 3 N–H and O–H groups in total. The maximum atomic E-state index is 11.9. The standard InChI is InChI=1S/C12H9ClN4OS/c13-9-3-4-10(8(6-9)2-1-5-14)15-12(18)11-7-19-17-16-11/h3-4,6-7H,5,14H2,(H,15,18). The number of hydrogen-bond acceptors (Lipinski definition) is 5. The fraction of sp³-hybridized carbons (Fsp3) is 0.0833. The predicted octanol–water partition coefficient (Wildman–Crippen LogP) is 1.75. The van der Waals surface area contributed by atoms with Gasteiger partial charge in [0.15, 0.2) is 5.69 Å². The molecule has 1 aromatic heterocycles. The van der Waals surface area contributed by atoms with Gasteiger partial charge in [-0.1, -0.05) is 27.9 Å². The first kappa shape index (κ1) is 13.5. The first-order valence-electron chi connectivity index (χ1n) is 5.27. The lowest BCUT2D eigenvalue weighted by Gasteiger charge is -2.06. The molecule has 1 heterocycles. The van der Waals surface area contributed by atoms with Crippen molar-refractivity contribution >= 4 is 34.7 Å². The lowest BCUT2D eigenvalue weighted by molar-refractivity contribution is 0.102. The molecule has 0 unspecified atom stereocenters. The second-order valence-corrected chi connectivity index (χ2v) is 4.49. The molecule has 0 saturated heterocycles. The number of anilines is 1. The third-order valence-corrected chi connectivity index (χ3v) is 2.89. The van der Waals surface area contributed by atoms with Crippen LogP contribution in [0.2, 0.25) is 5.02 Å². The maximum Gasteiger partial charge on any atom is 0.277 e. The second kappa shape index (κ2) is 6.29. The molecule has 0 atom stereocenters. The number of nitrogens with two attached hydrogens (primary N) is 1. The summed E-state index contributed by atoms with van der Waals surface area (Å²) < 4.78 is 3.64. The number of nitrogens with one attached hydrogen (secondary N) is 1. The third-order valence-electron chi connectivity index (χ3n) is 2.15. The van der Waals surface area contributed by atoms with Gasteiger partial charge in [0.2, 0.25) is 0 Å². The van der Waals surface area contributed by atoms with Crippen LogP contribution in [0.1, 0.15) is 16.1 Å². The molecule has 7 heteroatoms. The zero-order chi connectivity index (χ0) is 13.7. The van der Waals surface area contributed by atoms with E-state index in [4.69, 9.17) is 17.3 Å². The molecule has 1 amide bonds. The minimum absolute atomic E-state index is 0.232. The molecule has 0 aliphatic rings. The average molecular weight is 293 g/mol. The number of carbonyl (C=O) groups is 1. The van der Waals surface area contributed by atoms with E-state index in [9.17, 15) is 4.79 Å². The Bertz CT molecular complexity index is 645. The number of aromatic nitrogens is 2. The lowest BCUT2D eigenvalue weighted by atomic mass is 10.1. The number of rotatable bonds is 2. The summed E-state index contributed by atoms with van der Waals surface area (Å²) in [5, 5.41) is 8.51. The highest BCUT2D eigenvalue weighted by Crippen LogP contribution is 2.20. The molecule has 5 nitrogen and oxygen atoms in total. The van der Waals surface area contributed by atoms with E-state index in [1.165, 1.54) is 0 Å². The molecule has 0 spiro atoms. The van der Waals surface area contributed by atoms with Crippen molar-refractivity contribution in [2.45, 2.75) is 0 Å². The van der Waals surface area contributed by atoms with Crippen molar-refractivity contribution in [1.29, 1.82) is 0 Å². The topological polar surface area (TPSA) is 80.9 Å². The van der Waals surface area contributed by atoms with Crippen LogP contribution >= 0.6 is 23.1 Å². The van der Waals surface area contributed by atoms with E-state index in [2.05, 4.69) is 26.7 Å². The van der Waals surface area contributed by atoms with Gasteiger partial charge in [0.1, 0.15) is 0 Å². The van der Waals surface area contributed by atoms with Crippen LogP contribution in [0, 0.1) is 11.8 Å². The summed E-state index contributed by atoms with van der Waals surface area (Å²) in [6, 6.07) is 5.02. The Kier molecular flexibility index (Phi) is 4.47. The molecule has 0 aliphatic carbocycles. The Balaban J connectivity index is 2.27. The molecule has 2 aromatic rings. The Hall–Kier alpha value is -1.94. The Morgan fingerprint density at radius 3 is 3.05 bits per heavy atom. The van der Waals surface area contributed by atoms with E-state index in [0.717, 1.165) is 11.5 Å². The summed E-state index contributed by atoms with van der Waals surface area (Å²) in [5.74, 6) is 5.24. The number of halogens is 1. The number of amides is 1. The minimum atomic E-state index is -0.341. The molecule has 0 aliphatic heterocycles. The van der Waals surface area contributed by atoms with Gasteiger partial charge in [-0.25, -0.2) is 0 Å². The summed E-state index contributed by atoms with van der Waals surface area (Å²) in [5.41, 5.74) is 6.76. The number of benzene rings is 1. The molecule has 2 rings (SSSR count). The van der Waals surface area contributed by atoms with Gasteiger partial charge < -0.3 is 11.1 Å². The van der Waals surface area contributed by atoms with Crippen LogP contribution < -0.4 is 11.1 Å². The van der Waals surface area contributed by atoms with Gasteiger partial charge in [-0.3, -0.25) is 4.79 Å². The minimum Gasteiger partial charge on any atom is -0.320 e. The van der Waals surface area contributed by atoms with Crippen molar-refractivity contribution < 1.29 is 4.79 Å². The van der Waals surface area contributed by atoms with Crippen molar-refractivity contribution in [3.05, 3.63) is 39.9 Å². The van der Waals surface area contributed by atoms with Crippen LogP contribution in [-0.2, 0) is 0 Å². The normalized spacial score (nSPS) is 9.58. The summed E-state index contributed by atoms with van der Waals surface area (Å²) in [6.07, 6.45) is 0. The lowest BCUT2D eigenvalue weighted by Crippen LogP contribution is -2.13. The van der Waals surface area contributed by atoms with Crippen LogP contribution in [0.5, 0.6) is 0 Å². The largest absolute Gasteiger partial charge is 0.320 e. The van der Waals surface area contributed by atoms with Crippen LogP contribution in [0.15, 0.2) is 23.6 Å². The van der Waals surface area contributed by atoms with Gasteiger partial charge >= 0.3 is 0 Å². The Labute approximate surface area is 118 Å². The van der Waals surface area contributed by atoms with E-state index < -0.39 is 0 Å². The fourth-order valence-electron chi connectivity index (χ4n) is 1.33. The van der Waals surface area contributed by atoms with Gasteiger partial charge in [0, 0.05) is 16.0 Å². The van der Waals surface area contributed by atoms with Gasteiger partial charge in [0.05, 0.1) is 12.2 Å². The Morgan fingerprint density at radius 2 is 2.37 bits per heavy atom. The van der Waals surface area contributed by atoms with E-state index in [1.54, 1.807) is 23.6 Å². The van der Waals surface area contributed by atoms with Crippen molar-refractivity contribution in [3.63, 3.8) is 0 Å². The van der Waals surface area contributed by atoms with Crippen molar-refractivity contribution in [2.75, 3.05) is 11.9 Å². The zero-order valence-corrected chi connectivity index (χ0v) is 11.3. The molecule has 96 valence electrons. The number of nitrogens with zero attached hydrogens (tertiary/aromatic N) is 2. The quantitative estimate of drug-likeness (QED) is 0.826. The first-order valence-corrected chi connectivity index (χ1v) is 6.49. The first-order chi connectivity index (χ1) is 9.20. The highest BCUT2D eigenvalue weighted by Gasteiger charge is 2.11. The molecule has 0 saturated carbocycles. The zero-order valence-electron chi connectivity index (χ0n) is 9.68. The van der Waals surface area contributed by atoms with E-state index >= 15 is 0 Å². The van der Waals surface area contributed by atoms with Crippen LogP contribution in [0.4, 0.5) is 5.69 Å². The van der Waals surface area contributed by atoms with Crippen molar-refractivity contribution in [3.8, 4) is 11.8 Å². The molecular weight excluding hydrogens is 284 g/mol. The molecule has 19 heavy (non-hydrogen) atoms. The van der Waals surface area contributed by atoms with Crippen molar-refractivity contribution in [1.82, 2.24) is 9.59 Å². The van der Waals surface area contributed by atoms with Crippen LogP contribution in [0.25, 0.3) is 0 Å². The smallest absolute Gasteiger partial charge is 0.277 e. The van der Waals surface area contributed by atoms with Crippen LogP contribution in [0.3, 0.4) is 0 Å². The van der Waals surface area contributed by atoms with Gasteiger partial charge in [-0.15, -0.1) is 5.10 Å².